The lowest BCUT2D eigenvalue weighted by Gasteiger charge is -2.32. The number of fused-ring (bicyclic) bond motifs is 1. The Morgan fingerprint density at radius 1 is 1.36 bits per heavy atom. The minimum atomic E-state index is -0.132. The molecule has 2 aliphatic rings. The third-order valence-corrected chi connectivity index (χ3v) is 4.01. The molecular weight excluding hydrogens is 280 g/mol. The summed E-state index contributed by atoms with van der Waals surface area (Å²) >= 11 is 0. The minimum Gasteiger partial charge on any atom is -0.491 e. The molecule has 0 saturated carbocycles. The maximum atomic E-state index is 12.7. The van der Waals surface area contributed by atoms with Gasteiger partial charge in [0.2, 0.25) is 5.91 Å². The van der Waals surface area contributed by atoms with Gasteiger partial charge in [0.05, 0.1) is 12.1 Å². The number of carbonyl (C=O) groups excluding carboxylic acids is 2. The first-order chi connectivity index (χ1) is 10.5. The van der Waals surface area contributed by atoms with Crippen molar-refractivity contribution in [1.29, 1.82) is 0 Å². The Morgan fingerprint density at radius 3 is 2.82 bits per heavy atom. The average molecular weight is 300 g/mol. The maximum Gasteiger partial charge on any atom is 0.255 e. The highest BCUT2D eigenvalue weighted by Gasteiger charge is 2.36. The predicted molar refractivity (Wildman–Crippen MR) is 82.4 cm³/mol. The highest BCUT2D eigenvalue weighted by Crippen LogP contribution is 2.31. The molecule has 1 N–H and O–H groups in total. The van der Waals surface area contributed by atoms with Gasteiger partial charge in [0.25, 0.3) is 5.91 Å². The fraction of sp³-hybridized carbons (Fsp3) is 0.412. The van der Waals surface area contributed by atoms with Crippen LogP contribution in [0, 0.1) is 0 Å². The van der Waals surface area contributed by atoms with Crippen molar-refractivity contribution in [3.05, 3.63) is 41.6 Å². The first-order valence-electron chi connectivity index (χ1n) is 7.55. The van der Waals surface area contributed by atoms with Gasteiger partial charge in [-0.1, -0.05) is 12.6 Å². The van der Waals surface area contributed by atoms with E-state index in [2.05, 4.69) is 11.9 Å². The molecule has 0 aliphatic carbocycles. The summed E-state index contributed by atoms with van der Waals surface area (Å²) in [5, 5.41) is 2.74. The van der Waals surface area contributed by atoms with Gasteiger partial charge < -0.3 is 15.0 Å². The van der Waals surface area contributed by atoms with E-state index in [9.17, 15) is 9.59 Å². The van der Waals surface area contributed by atoms with Gasteiger partial charge in [-0.15, -0.1) is 0 Å². The molecule has 1 aromatic rings. The van der Waals surface area contributed by atoms with Gasteiger partial charge in [-0.25, -0.2) is 0 Å². The van der Waals surface area contributed by atoms with E-state index in [0.29, 0.717) is 36.4 Å². The van der Waals surface area contributed by atoms with Gasteiger partial charge in [-0.2, -0.15) is 0 Å². The zero-order valence-corrected chi connectivity index (χ0v) is 12.9. The molecule has 5 nitrogen and oxygen atoms in total. The normalized spacial score (nSPS) is 21.1. The largest absolute Gasteiger partial charge is 0.491 e. The molecule has 0 radical (unpaired) electrons. The van der Waals surface area contributed by atoms with E-state index in [4.69, 9.17) is 4.74 Å². The van der Waals surface area contributed by atoms with Gasteiger partial charge in [0.1, 0.15) is 5.75 Å². The van der Waals surface area contributed by atoms with E-state index < -0.39 is 0 Å². The smallest absolute Gasteiger partial charge is 0.255 e. The van der Waals surface area contributed by atoms with Gasteiger partial charge in [-0.3, -0.25) is 9.59 Å². The summed E-state index contributed by atoms with van der Waals surface area (Å²) in [5.74, 6) is 0.657. The molecule has 1 atom stereocenters. The fourth-order valence-corrected chi connectivity index (χ4v) is 3.01. The summed E-state index contributed by atoms with van der Waals surface area (Å²) < 4.78 is 5.66. The van der Waals surface area contributed by atoms with E-state index in [-0.39, 0.29) is 24.0 Å². The summed E-state index contributed by atoms with van der Waals surface area (Å²) in [6.07, 6.45) is 1.12. The number of amides is 2. The number of rotatable bonds is 3. The zero-order valence-electron chi connectivity index (χ0n) is 12.9. The molecule has 22 heavy (non-hydrogen) atoms. The Balaban J connectivity index is 1.82. The quantitative estimate of drug-likeness (QED) is 0.931. The van der Waals surface area contributed by atoms with Crippen molar-refractivity contribution in [2.24, 2.45) is 0 Å². The molecule has 0 aromatic heterocycles. The van der Waals surface area contributed by atoms with E-state index in [0.717, 1.165) is 5.56 Å². The van der Waals surface area contributed by atoms with E-state index >= 15 is 0 Å². The molecule has 1 saturated heterocycles. The molecule has 0 bridgehead atoms. The van der Waals surface area contributed by atoms with Gasteiger partial charge >= 0.3 is 0 Å². The van der Waals surface area contributed by atoms with E-state index in [1.807, 2.05) is 32.0 Å². The molecular formula is C17H20N2O3. The molecule has 1 unspecified atom stereocenters. The Labute approximate surface area is 129 Å². The molecule has 3 rings (SSSR count). The lowest BCUT2D eigenvalue weighted by atomic mass is 10.0. The highest BCUT2D eigenvalue weighted by molar-refractivity contribution is 5.99. The first-order valence-corrected chi connectivity index (χ1v) is 7.55. The standard InChI is InChI=1S/C17H20N2O3/c1-10(2)22-13-5-4-12-9-19(17(21)14(12)8-13)15-6-7-16(20)18-11(15)3/h4-5,8,10,15H,3,6-7,9H2,1-2H3,(H,18,20). The van der Waals surface area contributed by atoms with Crippen molar-refractivity contribution >= 4 is 11.8 Å². The number of carbonyl (C=O) groups is 2. The second kappa shape index (κ2) is 5.48. The van der Waals surface area contributed by atoms with Gasteiger partial charge in [-0.05, 0) is 38.0 Å². The summed E-state index contributed by atoms with van der Waals surface area (Å²) in [5.41, 5.74) is 2.28. The van der Waals surface area contributed by atoms with Crippen molar-refractivity contribution in [3.8, 4) is 5.75 Å². The van der Waals surface area contributed by atoms with Crippen LogP contribution in [0.4, 0.5) is 0 Å². The lowest BCUT2D eigenvalue weighted by Crippen LogP contribution is -2.45. The van der Waals surface area contributed by atoms with Crippen LogP contribution in [0.1, 0.15) is 42.6 Å². The van der Waals surface area contributed by atoms with Gasteiger partial charge in [0, 0.05) is 24.2 Å². The summed E-state index contributed by atoms with van der Waals surface area (Å²) in [4.78, 5) is 25.9. The molecule has 2 aliphatic heterocycles. The van der Waals surface area contributed by atoms with E-state index in [1.165, 1.54) is 0 Å². The first kappa shape index (κ1) is 14.6. The third kappa shape index (κ3) is 2.58. The Hall–Kier alpha value is -2.30. The molecule has 1 fully saturated rings. The number of nitrogens with zero attached hydrogens (tertiary/aromatic N) is 1. The zero-order chi connectivity index (χ0) is 15.9. The predicted octanol–water partition coefficient (Wildman–Crippen LogP) is 2.22. The number of piperidine rings is 1. The fourth-order valence-electron chi connectivity index (χ4n) is 3.01. The average Bonchev–Trinajstić information content (AvgIpc) is 2.75. The minimum absolute atomic E-state index is 0.0218. The summed E-state index contributed by atoms with van der Waals surface area (Å²) in [7, 11) is 0. The highest BCUT2D eigenvalue weighted by atomic mass is 16.5. The third-order valence-electron chi connectivity index (χ3n) is 4.01. The van der Waals surface area contributed by atoms with Crippen LogP contribution in [0.15, 0.2) is 30.5 Å². The Bertz CT molecular complexity index is 651. The van der Waals surface area contributed by atoms with Crippen LogP contribution in [0.2, 0.25) is 0 Å². The van der Waals surface area contributed by atoms with Crippen molar-refractivity contribution in [3.63, 3.8) is 0 Å². The second-order valence-corrected chi connectivity index (χ2v) is 6.05. The van der Waals surface area contributed by atoms with Crippen LogP contribution < -0.4 is 10.1 Å². The number of nitrogens with one attached hydrogen (secondary N) is 1. The van der Waals surface area contributed by atoms with Crippen molar-refractivity contribution in [2.45, 2.75) is 45.4 Å². The molecule has 5 heteroatoms. The molecule has 2 amide bonds. The number of benzene rings is 1. The van der Waals surface area contributed by atoms with Crippen LogP contribution in [0.3, 0.4) is 0 Å². The monoisotopic (exact) mass is 300 g/mol. The van der Waals surface area contributed by atoms with Crippen LogP contribution in [-0.4, -0.2) is 28.9 Å². The second-order valence-electron chi connectivity index (χ2n) is 6.05. The van der Waals surface area contributed by atoms with Crippen molar-refractivity contribution < 1.29 is 14.3 Å². The van der Waals surface area contributed by atoms with Crippen molar-refractivity contribution in [1.82, 2.24) is 10.2 Å². The van der Waals surface area contributed by atoms with Crippen LogP contribution >= 0.6 is 0 Å². The topological polar surface area (TPSA) is 58.6 Å². The molecule has 116 valence electrons. The Kier molecular flexibility index (Phi) is 3.64. The Morgan fingerprint density at radius 2 is 2.14 bits per heavy atom. The summed E-state index contributed by atoms with van der Waals surface area (Å²) in [6, 6.07) is 5.51. The van der Waals surface area contributed by atoms with Crippen molar-refractivity contribution in [2.75, 3.05) is 0 Å². The van der Waals surface area contributed by atoms with Gasteiger partial charge in [0.15, 0.2) is 0 Å². The molecule has 1 aromatic carbocycles. The number of hydrogen-bond acceptors (Lipinski definition) is 3. The number of hydrogen-bond donors (Lipinski definition) is 1. The maximum absolute atomic E-state index is 12.7. The van der Waals surface area contributed by atoms with Crippen LogP contribution in [0.5, 0.6) is 5.75 Å². The van der Waals surface area contributed by atoms with Crippen LogP contribution in [-0.2, 0) is 11.3 Å². The lowest BCUT2D eigenvalue weighted by molar-refractivity contribution is -0.121. The molecule has 0 spiro atoms. The SMILES string of the molecule is C=C1NC(=O)CCC1N1Cc2ccc(OC(C)C)cc2C1=O. The number of ether oxygens (including phenoxy) is 1. The van der Waals surface area contributed by atoms with Crippen LogP contribution in [0.25, 0.3) is 0 Å². The summed E-state index contributed by atoms with van der Waals surface area (Å²) in [6.45, 7) is 8.35. The van der Waals surface area contributed by atoms with E-state index in [1.54, 1.807) is 4.90 Å². The molecule has 2 heterocycles.